The van der Waals surface area contributed by atoms with Crippen LogP contribution in [0.4, 0.5) is 19.0 Å². The van der Waals surface area contributed by atoms with Crippen molar-refractivity contribution in [2.45, 2.75) is 32.0 Å². The fourth-order valence-corrected chi connectivity index (χ4v) is 3.74. The molecule has 0 spiro atoms. The van der Waals surface area contributed by atoms with Crippen LogP contribution >= 0.6 is 0 Å². The molecule has 1 aliphatic rings. The molecule has 3 heterocycles. The van der Waals surface area contributed by atoms with Gasteiger partial charge in [0, 0.05) is 29.8 Å². The van der Waals surface area contributed by atoms with Crippen molar-refractivity contribution in [3.05, 3.63) is 53.3 Å². The molecule has 0 amide bonds. The lowest BCUT2D eigenvalue weighted by atomic mass is 10.0. The monoisotopic (exact) mass is 418 g/mol. The first-order valence-corrected chi connectivity index (χ1v) is 9.48. The van der Waals surface area contributed by atoms with E-state index in [2.05, 4.69) is 4.98 Å². The van der Waals surface area contributed by atoms with E-state index in [-0.39, 0.29) is 11.9 Å². The van der Waals surface area contributed by atoms with Crippen molar-refractivity contribution in [3.8, 4) is 22.7 Å². The number of rotatable bonds is 3. The second-order valence-corrected chi connectivity index (χ2v) is 7.17. The molecule has 1 aliphatic heterocycles. The Hall–Kier alpha value is -3.07. The Morgan fingerprint density at radius 1 is 1.23 bits per heavy atom. The molecule has 1 aromatic carbocycles. The third-order valence-electron chi connectivity index (χ3n) is 5.11. The maximum Gasteiger partial charge on any atom is 0.419 e. The number of ether oxygens (including phenoxy) is 2. The number of methoxy groups -OCH3 is 1. The van der Waals surface area contributed by atoms with Gasteiger partial charge in [-0.2, -0.15) is 18.3 Å². The highest BCUT2D eigenvalue weighted by atomic mass is 19.4. The third kappa shape index (κ3) is 3.72. The van der Waals surface area contributed by atoms with Crippen LogP contribution in [0.1, 0.15) is 23.7 Å². The largest absolute Gasteiger partial charge is 0.496 e. The van der Waals surface area contributed by atoms with Gasteiger partial charge in [-0.1, -0.05) is 0 Å². The summed E-state index contributed by atoms with van der Waals surface area (Å²) in [6, 6.07) is 7.32. The average molecular weight is 418 g/mol. The molecule has 0 saturated carbocycles. The summed E-state index contributed by atoms with van der Waals surface area (Å²) in [5.41, 5.74) is 8.90. The molecular formula is C21H21F3N4O2. The van der Waals surface area contributed by atoms with Gasteiger partial charge in [0.05, 0.1) is 42.5 Å². The lowest BCUT2D eigenvalue weighted by Crippen LogP contribution is -2.14. The Balaban J connectivity index is 1.90. The number of fused-ring (bicyclic) bond motifs is 1. The molecule has 9 heteroatoms. The molecule has 3 aromatic rings. The molecule has 0 radical (unpaired) electrons. The van der Waals surface area contributed by atoms with Crippen molar-refractivity contribution in [2.24, 2.45) is 0 Å². The molecule has 2 N–H and O–H groups in total. The number of hydrogen-bond donors (Lipinski definition) is 1. The van der Waals surface area contributed by atoms with Crippen molar-refractivity contribution in [2.75, 3.05) is 19.5 Å². The predicted molar refractivity (Wildman–Crippen MR) is 106 cm³/mol. The van der Waals surface area contributed by atoms with Crippen molar-refractivity contribution < 1.29 is 22.6 Å². The van der Waals surface area contributed by atoms with Crippen LogP contribution < -0.4 is 10.5 Å². The normalized spacial score (nSPS) is 16.8. The van der Waals surface area contributed by atoms with Gasteiger partial charge >= 0.3 is 6.18 Å². The first-order valence-electron chi connectivity index (χ1n) is 9.48. The summed E-state index contributed by atoms with van der Waals surface area (Å²) >= 11 is 0. The van der Waals surface area contributed by atoms with E-state index < -0.39 is 11.7 Å². The highest BCUT2D eigenvalue weighted by Crippen LogP contribution is 2.38. The molecule has 158 valence electrons. The number of halogens is 3. The quantitative estimate of drug-likeness (QED) is 0.695. The Labute approximate surface area is 171 Å². The summed E-state index contributed by atoms with van der Waals surface area (Å²) < 4.78 is 52.3. The van der Waals surface area contributed by atoms with Crippen LogP contribution in [0.15, 0.2) is 36.5 Å². The zero-order chi connectivity index (χ0) is 21.5. The standard InChI is InChI=1S/C21H21F3N4O2/c1-12-9-17-15(6-8-30-12)20(13-5-7-26-19(25)10-13)27-28(17)14-3-4-16(21(22,23)24)18(11-14)29-2/h3-5,7,10-12H,6,8-9H2,1-2H3,(H2,25,26)/t12-/m1/s1. The number of anilines is 1. The van der Waals surface area contributed by atoms with E-state index in [0.717, 1.165) is 28.6 Å². The van der Waals surface area contributed by atoms with Crippen LogP contribution in [0.25, 0.3) is 16.9 Å². The number of hydrogen-bond acceptors (Lipinski definition) is 5. The van der Waals surface area contributed by atoms with E-state index in [1.807, 2.05) is 13.0 Å². The third-order valence-corrected chi connectivity index (χ3v) is 5.11. The van der Waals surface area contributed by atoms with Crippen molar-refractivity contribution >= 4 is 5.82 Å². The lowest BCUT2D eigenvalue weighted by Gasteiger charge is -2.15. The van der Waals surface area contributed by atoms with E-state index in [1.165, 1.54) is 19.2 Å². The van der Waals surface area contributed by atoms with E-state index >= 15 is 0 Å². The molecule has 2 aromatic heterocycles. The van der Waals surface area contributed by atoms with Gasteiger partial charge in [-0.15, -0.1) is 0 Å². The second-order valence-electron chi connectivity index (χ2n) is 7.17. The molecular weight excluding hydrogens is 397 g/mol. The summed E-state index contributed by atoms with van der Waals surface area (Å²) in [5.74, 6) is 0.113. The van der Waals surface area contributed by atoms with Crippen LogP contribution in [0.2, 0.25) is 0 Å². The molecule has 0 bridgehead atoms. The lowest BCUT2D eigenvalue weighted by molar-refractivity contribution is -0.138. The maximum atomic E-state index is 13.3. The number of benzene rings is 1. The summed E-state index contributed by atoms with van der Waals surface area (Å²) in [6.07, 6.45) is -1.74. The number of alkyl halides is 3. The number of nitrogens with zero attached hydrogens (tertiary/aromatic N) is 3. The molecule has 0 fully saturated rings. The molecule has 0 saturated heterocycles. The molecule has 0 unspecified atom stereocenters. The second kappa shape index (κ2) is 7.64. The van der Waals surface area contributed by atoms with Crippen LogP contribution in [0.5, 0.6) is 5.75 Å². The van der Waals surface area contributed by atoms with Crippen molar-refractivity contribution in [1.82, 2.24) is 14.8 Å². The van der Waals surface area contributed by atoms with Gasteiger partial charge in [0.1, 0.15) is 11.6 Å². The zero-order valence-electron chi connectivity index (χ0n) is 16.5. The van der Waals surface area contributed by atoms with Crippen LogP contribution in [0.3, 0.4) is 0 Å². The zero-order valence-corrected chi connectivity index (χ0v) is 16.5. The number of nitrogen functional groups attached to an aromatic ring is 1. The highest BCUT2D eigenvalue weighted by molar-refractivity contribution is 5.67. The fraction of sp³-hybridized carbons (Fsp3) is 0.333. The van der Waals surface area contributed by atoms with Gasteiger partial charge in [-0.25, -0.2) is 9.67 Å². The molecule has 6 nitrogen and oxygen atoms in total. The van der Waals surface area contributed by atoms with Crippen LogP contribution in [-0.2, 0) is 23.8 Å². The SMILES string of the molecule is COc1cc(-n2nc(-c3ccnc(N)c3)c3c2C[C@@H](C)OCC3)ccc1C(F)(F)F. The summed E-state index contributed by atoms with van der Waals surface area (Å²) in [6.45, 7) is 2.49. The van der Waals surface area contributed by atoms with Crippen molar-refractivity contribution in [1.29, 1.82) is 0 Å². The van der Waals surface area contributed by atoms with E-state index in [9.17, 15) is 13.2 Å². The van der Waals surface area contributed by atoms with Crippen LogP contribution in [-0.4, -0.2) is 34.6 Å². The Bertz CT molecular complexity index is 1080. The van der Waals surface area contributed by atoms with E-state index in [4.69, 9.17) is 20.3 Å². The fourth-order valence-electron chi connectivity index (χ4n) is 3.74. The van der Waals surface area contributed by atoms with Crippen molar-refractivity contribution in [3.63, 3.8) is 0 Å². The van der Waals surface area contributed by atoms with E-state index in [1.54, 1.807) is 16.9 Å². The summed E-state index contributed by atoms with van der Waals surface area (Å²) in [4.78, 5) is 4.02. The number of pyridine rings is 1. The molecule has 4 rings (SSSR count). The molecule has 1 atom stereocenters. The summed E-state index contributed by atoms with van der Waals surface area (Å²) in [7, 11) is 1.22. The Kier molecular flexibility index (Phi) is 5.15. The minimum atomic E-state index is -4.51. The average Bonchev–Trinajstić information content (AvgIpc) is 2.93. The number of nitrogens with two attached hydrogens (primary N) is 1. The minimum Gasteiger partial charge on any atom is -0.496 e. The molecule has 30 heavy (non-hydrogen) atoms. The van der Waals surface area contributed by atoms with Gasteiger partial charge in [-0.05, 0) is 37.6 Å². The topological polar surface area (TPSA) is 75.2 Å². The minimum absolute atomic E-state index is 0.0478. The van der Waals surface area contributed by atoms with Gasteiger partial charge in [0.25, 0.3) is 0 Å². The Morgan fingerprint density at radius 2 is 2.03 bits per heavy atom. The smallest absolute Gasteiger partial charge is 0.419 e. The van der Waals surface area contributed by atoms with Gasteiger partial charge < -0.3 is 15.2 Å². The van der Waals surface area contributed by atoms with E-state index in [0.29, 0.717) is 31.0 Å². The van der Waals surface area contributed by atoms with Gasteiger partial charge in [0.2, 0.25) is 0 Å². The maximum absolute atomic E-state index is 13.3. The highest BCUT2D eigenvalue weighted by Gasteiger charge is 2.35. The first-order chi connectivity index (χ1) is 14.3. The predicted octanol–water partition coefficient (Wildman–Crippen LogP) is 4.05. The molecule has 0 aliphatic carbocycles. The van der Waals surface area contributed by atoms with Crippen LogP contribution in [0, 0.1) is 0 Å². The summed E-state index contributed by atoms with van der Waals surface area (Å²) in [5, 5.41) is 4.76. The number of aromatic nitrogens is 3. The Morgan fingerprint density at radius 3 is 2.73 bits per heavy atom. The first kappa shape index (κ1) is 20.2. The van der Waals surface area contributed by atoms with Gasteiger partial charge in [-0.3, -0.25) is 0 Å². The van der Waals surface area contributed by atoms with Gasteiger partial charge in [0.15, 0.2) is 0 Å².